The van der Waals surface area contributed by atoms with E-state index in [4.69, 9.17) is 4.74 Å². The van der Waals surface area contributed by atoms with Gasteiger partial charge in [-0.2, -0.15) is 5.10 Å². The van der Waals surface area contributed by atoms with Gasteiger partial charge in [0.1, 0.15) is 11.6 Å². The van der Waals surface area contributed by atoms with Crippen LogP contribution in [0.5, 0.6) is 0 Å². The zero-order valence-corrected chi connectivity index (χ0v) is 14.0. The number of aromatic nitrogens is 2. The van der Waals surface area contributed by atoms with Gasteiger partial charge < -0.3 is 10.1 Å². The van der Waals surface area contributed by atoms with E-state index in [9.17, 15) is 8.78 Å². The summed E-state index contributed by atoms with van der Waals surface area (Å²) in [4.78, 5) is 0. The summed E-state index contributed by atoms with van der Waals surface area (Å²) < 4.78 is 34.7. The molecule has 1 fully saturated rings. The van der Waals surface area contributed by atoms with Crippen LogP contribution in [0.15, 0.2) is 30.6 Å². The predicted molar refractivity (Wildman–Crippen MR) is 87.5 cm³/mol. The van der Waals surface area contributed by atoms with Gasteiger partial charge >= 0.3 is 0 Å². The summed E-state index contributed by atoms with van der Waals surface area (Å²) in [6.45, 7) is 6.19. The molecule has 2 aromatic rings. The number of rotatable bonds is 6. The van der Waals surface area contributed by atoms with E-state index < -0.39 is 11.6 Å². The number of halogens is 2. The van der Waals surface area contributed by atoms with Crippen LogP contribution in [0, 0.1) is 17.6 Å². The molecule has 0 saturated carbocycles. The highest BCUT2D eigenvalue weighted by Gasteiger charge is 2.30. The van der Waals surface area contributed by atoms with Crippen LogP contribution in [0.1, 0.15) is 43.5 Å². The summed E-state index contributed by atoms with van der Waals surface area (Å²) in [5, 5.41) is 7.66. The molecule has 1 aromatic carbocycles. The van der Waals surface area contributed by atoms with E-state index in [1.54, 1.807) is 0 Å². The van der Waals surface area contributed by atoms with Crippen LogP contribution in [0.3, 0.4) is 0 Å². The average Bonchev–Trinajstić information content (AvgIpc) is 3.21. The molecule has 0 radical (unpaired) electrons. The lowest BCUT2D eigenvalue weighted by atomic mass is 9.96. The van der Waals surface area contributed by atoms with Crippen molar-refractivity contribution in [2.45, 2.75) is 39.0 Å². The molecule has 0 aliphatic carbocycles. The van der Waals surface area contributed by atoms with Crippen molar-refractivity contribution >= 4 is 0 Å². The Kier molecular flexibility index (Phi) is 5.26. The Morgan fingerprint density at radius 3 is 2.96 bits per heavy atom. The lowest BCUT2D eigenvalue weighted by Crippen LogP contribution is -2.28. The second kappa shape index (κ2) is 7.40. The molecule has 4 nitrogen and oxygen atoms in total. The maximum absolute atomic E-state index is 13.9. The molecule has 1 aromatic heterocycles. The van der Waals surface area contributed by atoms with Gasteiger partial charge in [-0.05, 0) is 26.3 Å². The van der Waals surface area contributed by atoms with Gasteiger partial charge in [-0.1, -0.05) is 6.07 Å². The van der Waals surface area contributed by atoms with Gasteiger partial charge in [-0.15, -0.1) is 0 Å². The first-order chi connectivity index (χ1) is 11.6. The molecule has 1 saturated heterocycles. The number of aryl methyl sites for hydroxylation is 1. The molecule has 2 heterocycles. The van der Waals surface area contributed by atoms with Crippen LogP contribution in [0.2, 0.25) is 0 Å². The Balaban J connectivity index is 1.62. The van der Waals surface area contributed by atoms with Gasteiger partial charge in [0.25, 0.3) is 0 Å². The summed E-state index contributed by atoms with van der Waals surface area (Å²) in [6, 6.07) is 3.52. The summed E-state index contributed by atoms with van der Waals surface area (Å²) in [7, 11) is 0. The third-order valence-electron chi connectivity index (χ3n) is 4.64. The highest BCUT2D eigenvalue weighted by molar-refractivity contribution is 5.21. The summed E-state index contributed by atoms with van der Waals surface area (Å²) in [5.74, 6) is -0.760. The quantitative estimate of drug-likeness (QED) is 0.876. The standard InChI is InChI=1S/C18H23F2N3O/c1-3-23-11-14(10-22-23)18-13(6-7-24-18)9-21-12(2)16-5-4-15(19)8-17(16)20/h4-5,8,10-13,18,21H,3,6-7,9H2,1-2H3/t12-,13+,18-/m1/s1. The summed E-state index contributed by atoms with van der Waals surface area (Å²) >= 11 is 0. The molecular formula is C18H23F2N3O. The first kappa shape index (κ1) is 17.0. The van der Waals surface area contributed by atoms with Crippen molar-refractivity contribution in [2.24, 2.45) is 5.92 Å². The third-order valence-corrected chi connectivity index (χ3v) is 4.64. The number of hydrogen-bond donors (Lipinski definition) is 1. The Hall–Kier alpha value is -1.79. The van der Waals surface area contributed by atoms with E-state index in [-0.39, 0.29) is 12.1 Å². The lowest BCUT2D eigenvalue weighted by molar-refractivity contribution is 0.0898. The van der Waals surface area contributed by atoms with Gasteiger partial charge in [0, 0.05) is 55.0 Å². The van der Waals surface area contributed by atoms with Crippen LogP contribution < -0.4 is 5.32 Å². The minimum atomic E-state index is -0.555. The second-order valence-corrected chi connectivity index (χ2v) is 6.27. The highest BCUT2D eigenvalue weighted by Crippen LogP contribution is 2.34. The molecule has 1 aliphatic heterocycles. The molecule has 24 heavy (non-hydrogen) atoms. The maximum atomic E-state index is 13.9. The van der Waals surface area contributed by atoms with Crippen molar-refractivity contribution in [3.63, 3.8) is 0 Å². The molecule has 3 atom stereocenters. The van der Waals surface area contributed by atoms with Crippen molar-refractivity contribution in [2.75, 3.05) is 13.2 Å². The van der Waals surface area contributed by atoms with Crippen LogP contribution in [0.25, 0.3) is 0 Å². The highest BCUT2D eigenvalue weighted by atomic mass is 19.1. The third kappa shape index (κ3) is 3.65. The molecule has 130 valence electrons. The molecule has 0 unspecified atom stereocenters. The van der Waals surface area contributed by atoms with E-state index in [0.29, 0.717) is 24.6 Å². The Bertz CT molecular complexity index is 689. The van der Waals surface area contributed by atoms with Crippen LogP contribution in [-0.4, -0.2) is 22.9 Å². The summed E-state index contributed by atoms with van der Waals surface area (Å²) in [6.07, 6.45) is 4.85. The number of ether oxygens (including phenoxy) is 1. The topological polar surface area (TPSA) is 39.1 Å². The van der Waals surface area contributed by atoms with Gasteiger partial charge in [0.2, 0.25) is 0 Å². The number of benzene rings is 1. The van der Waals surface area contributed by atoms with Gasteiger partial charge in [-0.3, -0.25) is 4.68 Å². The van der Waals surface area contributed by atoms with E-state index in [1.807, 2.05) is 30.9 Å². The van der Waals surface area contributed by atoms with Crippen molar-refractivity contribution in [1.29, 1.82) is 0 Å². The first-order valence-corrected chi connectivity index (χ1v) is 8.40. The van der Waals surface area contributed by atoms with E-state index in [0.717, 1.165) is 24.6 Å². The molecule has 1 N–H and O–H groups in total. The zero-order chi connectivity index (χ0) is 17.1. The minimum Gasteiger partial charge on any atom is -0.373 e. The summed E-state index contributed by atoms with van der Waals surface area (Å²) in [5.41, 5.74) is 1.56. The largest absolute Gasteiger partial charge is 0.373 e. The number of hydrogen-bond acceptors (Lipinski definition) is 3. The van der Waals surface area contributed by atoms with E-state index in [2.05, 4.69) is 10.4 Å². The zero-order valence-electron chi connectivity index (χ0n) is 14.0. The Labute approximate surface area is 140 Å². The van der Waals surface area contributed by atoms with Crippen LogP contribution in [-0.2, 0) is 11.3 Å². The van der Waals surface area contributed by atoms with Crippen molar-refractivity contribution < 1.29 is 13.5 Å². The SMILES string of the molecule is CCn1cc([C@@H]2OCC[C@H]2CN[C@H](C)c2ccc(F)cc2F)cn1. The number of nitrogens with zero attached hydrogens (tertiary/aromatic N) is 2. The van der Waals surface area contributed by atoms with Crippen LogP contribution >= 0.6 is 0 Å². The second-order valence-electron chi connectivity index (χ2n) is 6.27. The molecule has 3 rings (SSSR count). The molecule has 0 spiro atoms. The molecule has 0 amide bonds. The Morgan fingerprint density at radius 2 is 2.25 bits per heavy atom. The molecule has 0 bridgehead atoms. The fourth-order valence-electron chi connectivity index (χ4n) is 3.20. The minimum absolute atomic E-state index is 0.0167. The van der Waals surface area contributed by atoms with Gasteiger partial charge in [0.15, 0.2) is 0 Å². The smallest absolute Gasteiger partial charge is 0.130 e. The van der Waals surface area contributed by atoms with Crippen molar-refractivity contribution in [1.82, 2.24) is 15.1 Å². The van der Waals surface area contributed by atoms with Crippen molar-refractivity contribution in [3.8, 4) is 0 Å². The van der Waals surface area contributed by atoms with E-state index in [1.165, 1.54) is 12.1 Å². The van der Waals surface area contributed by atoms with Crippen molar-refractivity contribution in [3.05, 3.63) is 53.4 Å². The number of nitrogens with one attached hydrogen (secondary N) is 1. The fraction of sp³-hybridized carbons (Fsp3) is 0.500. The first-order valence-electron chi connectivity index (χ1n) is 8.40. The Morgan fingerprint density at radius 1 is 1.42 bits per heavy atom. The molecule has 6 heteroatoms. The monoisotopic (exact) mass is 335 g/mol. The van der Waals surface area contributed by atoms with E-state index >= 15 is 0 Å². The maximum Gasteiger partial charge on any atom is 0.130 e. The normalized spacial score (nSPS) is 22.0. The predicted octanol–water partition coefficient (Wildman–Crippen LogP) is 3.61. The van der Waals surface area contributed by atoms with Gasteiger partial charge in [-0.25, -0.2) is 8.78 Å². The molecule has 1 aliphatic rings. The van der Waals surface area contributed by atoms with Gasteiger partial charge in [0.05, 0.1) is 12.3 Å². The molecular weight excluding hydrogens is 312 g/mol. The average molecular weight is 335 g/mol. The fourth-order valence-corrected chi connectivity index (χ4v) is 3.20. The lowest BCUT2D eigenvalue weighted by Gasteiger charge is -2.21. The van der Waals surface area contributed by atoms with Crippen LogP contribution in [0.4, 0.5) is 8.78 Å².